The molecule has 0 aliphatic heterocycles. The molecule has 0 spiro atoms. The van der Waals surface area contributed by atoms with Gasteiger partial charge in [0.05, 0.1) is 22.8 Å². The maximum Gasteiger partial charge on any atom is 0.422 e. The van der Waals surface area contributed by atoms with Crippen LogP contribution in [0.15, 0.2) is 52.2 Å². The Morgan fingerprint density at radius 1 is 1.21 bits per heavy atom. The van der Waals surface area contributed by atoms with Crippen molar-refractivity contribution in [1.29, 1.82) is 0 Å². The second kappa shape index (κ2) is 7.83. The Hall–Kier alpha value is -4.49. The van der Waals surface area contributed by atoms with E-state index in [0.717, 1.165) is 16.9 Å². The van der Waals surface area contributed by atoms with Crippen LogP contribution in [-0.2, 0) is 0 Å². The number of aromatic nitrogens is 6. The number of rotatable bonds is 5. The van der Waals surface area contributed by atoms with Crippen LogP contribution < -0.4 is 15.7 Å². The largest absolute Gasteiger partial charge is 0.482 e. The van der Waals surface area contributed by atoms with Crippen molar-refractivity contribution in [2.75, 3.05) is 12.0 Å². The van der Waals surface area contributed by atoms with Crippen molar-refractivity contribution in [3.63, 3.8) is 0 Å². The van der Waals surface area contributed by atoms with E-state index in [1.54, 1.807) is 13.0 Å². The van der Waals surface area contributed by atoms with Crippen molar-refractivity contribution in [2.45, 2.75) is 13.1 Å². The Kier molecular flexibility index (Phi) is 4.92. The van der Waals surface area contributed by atoms with Crippen molar-refractivity contribution in [2.24, 2.45) is 0 Å². The molecule has 0 saturated heterocycles. The van der Waals surface area contributed by atoms with Gasteiger partial charge in [0.1, 0.15) is 5.75 Å². The number of nitrogens with one attached hydrogen (secondary N) is 1. The van der Waals surface area contributed by atoms with Gasteiger partial charge in [-0.05, 0) is 25.1 Å². The Balaban J connectivity index is 1.52. The molecule has 0 atom stereocenters. The van der Waals surface area contributed by atoms with Gasteiger partial charge in [0, 0.05) is 24.0 Å². The number of ether oxygens (including phenoxy) is 1. The number of pyridine rings is 3. The molecule has 5 aromatic heterocycles. The minimum Gasteiger partial charge on any atom is -0.482 e. The number of aryl methyl sites for hydroxylation is 1. The van der Waals surface area contributed by atoms with E-state index < -0.39 is 24.2 Å². The zero-order valence-corrected chi connectivity index (χ0v) is 17.2. The van der Waals surface area contributed by atoms with E-state index in [9.17, 15) is 22.4 Å². The monoisotopic (exact) mass is 475 g/mol. The minimum absolute atomic E-state index is 0.00694. The summed E-state index contributed by atoms with van der Waals surface area (Å²) in [5.74, 6) is -0.598. The first-order chi connectivity index (χ1) is 16.2. The molecule has 0 aliphatic rings. The number of nitrogens with zero attached hydrogens (tertiary/aromatic N) is 6. The quantitative estimate of drug-likeness (QED) is 0.385. The predicted molar refractivity (Wildman–Crippen MR) is 110 cm³/mol. The Morgan fingerprint density at radius 2 is 2.03 bits per heavy atom. The first-order valence-electron chi connectivity index (χ1n) is 9.64. The van der Waals surface area contributed by atoms with Gasteiger partial charge in [0.2, 0.25) is 5.95 Å². The molecule has 10 nitrogen and oxygen atoms in total. The van der Waals surface area contributed by atoms with E-state index >= 15 is 0 Å². The van der Waals surface area contributed by atoms with Crippen molar-refractivity contribution in [1.82, 2.24) is 29.4 Å². The average molecular weight is 475 g/mol. The Morgan fingerprint density at radius 3 is 2.76 bits per heavy atom. The van der Waals surface area contributed by atoms with Crippen LogP contribution >= 0.6 is 0 Å². The fourth-order valence-electron chi connectivity index (χ4n) is 3.21. The molecule has 0 radical (unpaired) electrons. The molecule has 5 heterocycles. The fraction of sp³-hybridized carbons (Fsp3) is 0.150. The molecule has 174 valence electrons. The summed E-state index contributed by atoms with van der Waals surface area (Å²) < 4.78 is 64.0. The van der Waals surface area contributed by atoms with Crippen LogP contribution in [0.4, 0.5) is 23.5 Å². The fourth-order valence-corrected chi connectivity index (χ4v) is 3.21. The summed E-state index contributed by atoms with van der Waals surface area (Å²) >= 11 is 0. The summed E-state index contributed by atoms with van der Waals surface area (Å²) in [5, 5.41) is 11.4. The van der Waals surface area contributed by atoms with Crippen LogP contribution in [0.5, 0.6) is 5.75 Å². The standard InChI is InChI=1S/C20H13F4N7O3/c1-10-4-16(34-29-10)11-5-14(21)17-26-27-19(30(17)8-11)28-31-3-2-15-13(18(31)32)6-12(7-25-15)33-9-20(22,23)24/h2-8H,9H2,1H3,(H,27,28). The Labute approximate surface area is 186 Å². The van der Waals surface area contributed by atoms with Gasteiger partial charge in [-0.1, -0.05) is 5.16 Å². The average Bonchev–Trinajstić information content (AvgIpc) is 3.40. The molecule has 1 N–H and O–H groups in total. The third-order valence-corrected chi connectivity index (χ3v) is 4.72. The summed E-state index contributed by atoms with van der Waals surface area (Å²) in [6.45, 7) is 0.192. The molecule has 0 aromatic carbocycles. The molecular weight excluding hydrogens is 462 g/mol. The molecule has 0 aliphatic carbocycles. The number of hydrogen-bond donors (Lipinski definition) is 1. The molecule has 0 unspecified atom stereocenters. The lowest BCUT2D eigenvalue weighted by molar-refractivity contribution is -0.153. The zero-order valence-electron chi connectivity index (χ0n) is 17.2. The molecule has 0 bridgehead atoms. The van der Waals surface area contributed by atoms with Crippen LogP contribution in [-0.4, -0.2) is 42.2 Å². The number of alkyl halides is 3. The van der Waals surface area contributed by atoms with Gasteiger partial charge in [-0.15, -0.1) is 10.2 Å². The highest BCUT2D eigenvalue weighted by atomic mass is 19.4. The summed E-state index contributed by atoms with van der Waals surface area (Å²) in [6.07, 6.45) is -0.611. The van der Waals surface area contributed by atoms with E-state index in [1.165, 1.54) is 28.9 Å². The predicted octanol–water partition coefficient (Wildman–Crippen LogP) is 3.36. The van der Waals surface area contributed by atoms with E-state index in [1.807, 2.05) is 0 Å². The van der Waals surface area contributed by atoms with Gasteiger partial charge >= 0.3 is 6.18 Å². The SMILES string of the molecule is Cc1cc(-c2cc(F)c3nnc(Nn4ccc5ncc(OCC(F)(F)F)cc5c4=O)n3c2)on1. The van der Waals surface area contributed by atoms with E-state index in [2.05, 4.69) is 30.5 Å². The lowest BCUT2D eigenvalue weighted by Gasteiger charge is -2.11. The van der Waals surface area contributed by atoms with Gasteiger partial charge in [-0.25, -0.2) is 9.07 Å². The summed E-state index contributed by atoms with van der Waals surface area (Å²) in [7, 11) is 0. The van der Waals surface area contributed by atoms with Crippen LogP contribution in [0.3, 0.4) is 0 Å². The van der Waals surface area contributed by atoms with Gasteiger partial charge in [-0.3, -0.25) is 19.6 Å². The summed E-state index contributed by atoms with van der Waals surface area (Å²) in [4.78, 5) is 16.9. The molecule has 0 saturated carbocycles. The second-order valence-electron chi connectivity index (χ2n) is 7.24. The smallest absolute Gasteiger partial charge is 0.422 e. The third kappa shape index (κ3) is 4.00. The zero-order chi connectivity index (χ0) is 24.0. The highest BCUT2D eigenvalue weighted by molar-refractivity contribution is 5.78. The molecule has 0 fully saturated rings. The molecular formula is C20H13F4N7O3. The number of fused-ring (bicyclic) bond motifs is 2. The summed E-state index contributed by atoms with van der Waals surface area (Å²) in [6, 6.07) is 5.45. The van der Waals surface area contributed by atoms with Crippen LogP contribution in [0.25, 0.3) is 27.9 Å². The van der Waals surface area contributed by atoms with Crippen molar-refractivity contribution < 1.29 is 26.8 Å². The van der Waals surface area contributed by atoms with E-state index in [0.29, 0.717) is 17.0 Å². The molecule has 0 amide bonds. The molecule has 5 aromatic rings. The lowest BCUT2D eigenvalue weighted by atomic mass is 10.2. The van der Waals surface area contributed by atoms with Crippen LogP contribution in [0.2, 0.25) is 0 Å². The minimum atomic E-state index is -4.54. The van der Waals surface area contributed by atoms with Crippen molar-refractivity contribution >= 4 is 22.5 Å². The van der Waals surface area contributed by atoms with Gasteiger partial charge in [0.25, 0.3) is 5.56 Å². The van der Waals surface area contributed by atoms with Crippen molar-refractivity contribution in [3.8, 4) is 17.1 Å². The lowest BCUT2D eigenvalue weighted by Crippen LogP contribution is -2.27. The molecule has 14 heteroatoms. The molecule has 34 heavy (non-hydrogen) atoms. The van der Waals surface area contributed by atoms with Crippen LogP contribution in [0.1, 0.15) is 5.69 Å². The normalized spacial score (nSPS) is 11.9. The van der Waals surface area contributed by atoms with E-state index in [-0.39, 0.29) is 28.2 Å². The van der Waals surface area contributed by atoms with Gasteiger partial charge in [-0.2, -0.15) is 13.2 Å². The third-order valence-electron chi connectivity index (χ3n) is 4.72. The first kappa shape index (κ1) is 21.4. The first-order valence-corrected chi connectivity index (χ1v) is 9.64. The topological polar surface area (TPSA) is 112 Å². The van der Waals surface area contributed by atoms with Crippen LogP contribution in [0, 0.1) is 12.7 Å². The Bertz CT molecular complexity index is 1590. The number of anilines is 1. The highest BCUT2D eigenvalue weighted by Gasteiger charge is 2.28. The van der Waals surface area contributed by atoms with Gasteiger partial charge in [0.15, 0.2) is 23.8 Å². The van der Waals surface area contributed by atoms with Crippen molar-refractivity contribution in [3.05, 3.63) is 64.7 Å². The maximum atomic E-state index is 14.6. The maximum absolute atomic E-state index is 14.6. The second-order valence-corrected chi connectivity index (χ2v) is 7.24. The van der Waals surface area contributed by atoms with Gasteiger partial charge < -0.3 is 9.26 Å². The number of halogens is 4. The molecule has 5 rings (SSSR count). The highest BCUT2D eigenvalue weighted by Crippen LogP contribution is 2.24. The summed E-state index contributed by atoms with van der Waals surface area (Å²) in [5.41, 5.74) is 3.14. The number of hydrogen-bond acceptors (Lipinski definition) is 8. The van der Waals surface area contributed by atoms with E-state index in [4.69, 9.17) is 4.52 Å².